The van der Waals surface area contributed by atoms with Gasteiger partial charge in [0.25, 0.3) is 0 Å². The van der Waals surface area contributed by atoms with Crippen molar-refractivity contribution in [2.45, 2.75) is 21.1 Å². The highest BCUT2D eigenvalue weighted by atomic mass is 35.5. The van der Waals surface area contributed by atoms with Gasteiger partial charge in [0.1, 0.15) is 5.75 Å². The Kier molecular flexibility index (Phi) is 7.08. The van der Waals surface area contributed by atoms with Crippen molar-refractivity contribution < 1.29 is 13.2 Å². The molecule has 0 saturated carbocycles. The zero-order valence-corrected chi connectivity index (χ0v) is 18.2. The smallest absolute Gasteiger partial charge is 0.239 e. The van der Waals surface area contributed by atoms with Crippen molar-refractivity contribution in [2.24, 2.45) is 5.14 Å². The summed E-state index contributed by atoms with van der Waals surface area (Å²) in [5.41, 5.74) is 1.64. The van der Waals surface area contributed by atoms with Crippen LogP contribution in [0.1, 0.15) is 5.56 Å². The normalized spacial score (nSPS) is 11.3. The Morgan fingerprint density at radius 2 is 1.83 bits per heavy atom. The second-order valence-electron chi connectivity index (χ2n) is 6.26. The molecule has 3 rings (SSSR count). The molecule has 5 nitrogen and oxygen atoms in total. The first-order valence-electron chi connectivity index (χ1n) is 8.83. The first-order chi connectivity index (χ1) is 13.9. The number of nitrogens with one attached hydrogen (secondary N) is 1. The maximum Gasteiger partial charge on any atom is 0.239 e. The lowest BCUT2D eigenvalue weighted by molar-refractivity contribution is 0.416. The molecule has 0 bridgehead atoms. The van der Waals surface area contributed by atoms with Crippen LogP contribution >= 0.6 is 23.4 Å². The third-order valence-corrected chi connectivity index (χ3v) is 6.58. The molecular formula is C21H21ClN2O3S2. The summed E-state index contributed by atoms with van der Waals surface area (Å²) in [6.07, 6.45) is 0.606. The largest absolute Gasteiger partial charge is 0.495 e. The van der Waals surface area contributed by atoms with Crippen LogP contribution in [0.3, 0.4) is 0 Å². The molecule has 3 N–H and O–H groups in total. The zero-order chi connectivity index (χ0) is 20.9. The molecule has 0 unspecified atom stereocenters. The van der Waals surface area contributed by atoms with Gasteiger partial charge in [0, 0.05) is 21.4 Å². The van der Waals surface area contributed by atoms with E-state index in [0.717, 1.165) is 16.1 Å². The number of primary sulfonamides is 1. The van der Waals surface area contributed by atoms with E-state index in [1.54, 1.807) is 37.4 Å². The lowest BCUT2D eigenvalue weighted by atomic mass is 10.1. The molecule has 0 heterocycles. The molecule has 0 aliphatic heterocycles. The van der Waals surface area contributed by atoms with E-state index >= 15 is 0 Å². The molecule has 0 saturated heterocycles. The van der Waals surface area contributed by atoms with E-state index in [4.69, 9.17) is 21.5 Å². The van der Waals surface area contributed by atoms with Crippen LogP contribution in [0.2, 0.25) is 5.02 Å². The van der Waals surface area contributed by atoms with Gasteiger partial charge in [0.2, 0.25) is 10.0 Å². The number of methoxy groups -OCH3 is 1. The summed E-state index contributed by atoms with van der Waals surface area (Å²) in [5, 5.41) is 9.34. The molecule has 0 aliphatic rings. The first kappa shape index (κ1) is 21.5. The Morgan fingerprint density at radius 3 is 2.52 bits per heavy atom. The van der Waals surface area contributed by atoms with Crippen molar-refractivity contribution >= 4 is 39.1 Å². The number of hydrogen-bond donors (Lipinski definition) is 2. The fourth-order valence-electron chi connectivity index (χ4n) is 2.79. The van der Waals surface area contributed by atoms with E-state index in [0.29, 0.717) is 28.6 Å². The highest BCUT2D eigenvalue weighted by Crippen LogP contribution is 2.33. The lowest BCUT2D eigenvalue weighted by Crippen LogP contribution is -2.14. The standard InChI is InChI=1S/C21H21ClN2O3S2/c1-27-19-9-8-16(22)14-18(19)24-12-11-15-7-10-20(21(13-15)29(23,25)26)28-17-5-3-2-4-6-17/h2-10,13-14,24H,11-12H2,1H3,(H2,23,25,26). The van der Waals surface area contributed by atoms with E-state index in [2.05, 4.69) is 5.32 Å². The van der Waals surface area contributed by atoms with Crippen LogP contribution in [0.15, 0.2) is 81.4 Å². The molecule has 0 fully saturated rings. The predicted octanol–water partition coefficient (Wildman–Crippen LogP) is 4.80. The summed E-state index contributed by atoms with van der Waals surface area (Å²) < 4.78 is 29.6. The van der Waals surface area contributed by atoms with E-state index in [-0.39, 0.29) is 4.90 Å². The molecule has 0 amide bonds. The van der Waals surface area contributed by atoms with Gasteiger partial charge in [0.05, 0.1) is 17.7 Å². The van der Waals surface area contributed by atoms with Crippen molar-refractivity contribution in [3.63, 3.8) is 0 Å². The highest BCUT2D eigenvalue weighted by molar-refractivity contribution is 8.00. The molecule has 3 aromatic carbocycles. The Bertz CT molecular complexity index is 1090. The number of rotatable bonds is 8. The molecule has 0 radical (unpaired) electrons. The summed E-state index contributed by atoms with van der Waals surface area (Å²) >= 11 is 7.42. The van der Waals surface area contributed by atoms with Crippen molar-refractivity contribution in [1.82, 2.24) is 0 Å². The second kappa shape index (κ2) is 9.54. The Labute approximate surface area is 180 Å². The molecule has 0 aliphatic carbocycles. The van der Waals surface area contributed by atoms with Crippen LogP contribution in [-0.2, 0) is 16.4 Å². The van der Waals surface area contributed by atoms with Gasteiger partial charge in [-0.3, -0.25) is 0 Å². The van der Waals surface area contributed by atoms with Gasteiger partial charge in [-0.2, -0.15) is 0 Å². The van der Waals surface area contributed by atoms with Gasteiger partial charge >= 0.3 is 0 Å². The average Bonchev–Trinajstić information content (AvgIpc) is 2.69. The fraction of sp³-hybridized carbons (Fsp3) is 0.143. The van der Waals surface area contributed by atoms with Crippen molar-refractivity contribution in [3.05, 3.63) is 77.3 Å². The Balaban J connectivity index is 1.76. The number of ether oxygens (including phenoxy) is 1. The monoisotopic (exact) mass is 448 g/mol. The van der Waals surface area contributed by atoms with Crippen LogP contribution in [0, 0.1) is 0 Å². The number of hydrogen-bond acceptors (Lipinski definition) is 5. The first-order valence-corrected chi connectivity index (χ1v) is 11.6. The third-order valence-electron chi connectivity index (χ3n) is 4.18. The summed E-state index contributed by atoms with van der Waals surface area (Å²) in [7, 11) is -2.26. The van der Waals surface area contributed by atoms with Crippen LogP contribution in [0.25, 0.3) is 0 Å². The molecule has 0 aromatic heterocycles. The molecule has 29 heavy (non-hydrogen) atoms. The summed E-state index contributed by atoms with van der Waals surface area (Å²) in [5.74, 6) is 0.689. The van der Waals surface area contributed by atoms with Crippen LogP contribution in [0.4, 0.5) is 5.69 Å². The van der Waals surface area contributed by atoms with Gasteiger partial charge in [-0.05, 0) is 54.4 Å². The summed E-state index contributed by atoms with van der Waals surface area (Å²) in [6, 6.07) is 20.3. The van der Waals surface area contributed by atoms with Crippen molar-refractivity contribution in [3.8, 4) is 5.75 Å². The van der Waals surface area contributed by atoms with Crippen molar-refractivity contribution in [2.75, 3.05) is 19.0 Å². The number of anilines is 1. The zero-order valence-electron chi connectivity index (χ0n) is 15.8. The van der Waals surface area contributed by atoms with E-state index in [1.165, 1.54) is 11.8 Å². The molecule has 152 valence electrons. The molecule has 3 aromatic rings. The Hall–Kier alpha value is -2.19. The molecular weight excluding hydrogens is 428 g/mol. The maximum atomic E-state index is 12.1. The predicted molar refractivity (Wildman–Crippen MR) is 119 cm³/mol. The topological polar surface area (TPSA) is 81.4 Å². The van der Waals surface area contributed by atoms with Gasteiger partial charge < -0.3 is 10.1 Å². The summed E-state index contributed by atoms with van der Waals surface area (Å²) in [6.45, 7) is 0.575. The third kappa shape index (κ3) is 5.90. The SMILES string of the molecule is COc1ccc(Cl)cc1NCCc1ccc(Sc2ccccc2)c(S(N)(=O)=O)c1. The average molecular weight is 449 g/mol. The fourth-order valence-corrected chi connectivity index (χ4v) is 4.94. The molecule has 8 heteroatoms. The van der Waals surface area contributed by atoms with Crippen LogP contribution in [-0.4, -0.2) is 22.1 Å². The van der Waals surface area contributed by atoms with E-state index in [1.807, 2.05) is 36.4 Å². The minimum Gasteiger partial charge on any atom is -0.495 e. The van der Waals surface area contributed by atoms with Gasteiger partial charge in [-0.15, -0.1) is 0 Å². The maximum absolute atomic E-state index is 12.1. The molecule has 0 atom stereocenters. The summed E-state index contributed by atoms with van der Waals surface area (Å²) in [4.78, 5) is 1.68. The minimum atomic E-state index is -3.85. The van der Waals surface area contributed by atoms with E-state index < -0.39 is 10.0 Å². The number of halogens is 1. The van der Waals surface area contributed by atoms with Crippen LogP contribution < -0.4 is 15.2 Å². The number of benzene rings is 3. The van der Waals surface area contributed by atoms with Crippen molar-refractivity contribution in [1.29, 1.82) is 0 Å². The quantitative estimate of drug-likeness (QED) is 0.517. The van der Waals surface area contributed by atoms with Crippen LogP contribution in [0.5, 0.6) is 5.75 Å². The minimum absolute atomic E-state index is 0.129. The highest BCUT2D eigenvalue weighted by Gasteiger charge is 2.16. The number of sulfonamides is 1. The molecule has 0 spiro atoms. The second-order valence-corrected chi connectivity index (χ2v) is 9.34. The van der Waals surface area contributed by atoms with E-state index in [9.17, 15) is 8.42 Å². The van der Waals surface area contributed by atoms with Gasteiger partial charge in [0.15, 0.2) is 0 Å². The van der Waals surface area contributed by atoms with Gasteiger partial charge in [-0.1, -0.05) is 47.6 Å². The lowest BCUT2D eigenvalue weighted by Gasteiger charge is -2.13. The Morgan fingerprint density at radius 1 is 1.07 bits per heavy atom. The number of nitrogens with two attached hydrogens (primary N) is 1. The van der Waals surface area contributed by atoms with Gasteiger partial charge in [-0.25, -0.2) is 13.6 Å².